The molecule has 1 heterocycles. The van der Waals surface area contributed by atoms with Crippen molar-refractivity contribution in [2.75, 3.05) is 26.2 Å². The molecule has 0 aromatic heterocycles. The molecule has 9 nitrogen and oxygen atoms in total. The Balaban J connectivity index is 1.85. The molecule has 28 heavy (non-hydrogen) atoms. The van der Waals surface area contributed by atoms with Crippen LogP contribution in [0, 0.1) is 0 Å². The van der Waals surface area contributed by atoms with E-state index in [4.69, 9.17) is 4.74 Å². The van der Waals surface area contributed by atoms with Crippen molar-refractivity contribution < 1.29 is 27.5 Å². The van der Waals surface area contributed by atoms with Gasteiger partial charge in [-0.1, -0.05) is 18.6 Å². The van der Waals surface area contributed by atoms with Gasteiger partial charge in [0.25, 0.3) is 5.91 Å². The van der Waals surface area contributed by atoms with Crippen molar-refractivity contribution in [1.82, 2.24) is 14.9 Å². The van der Waals surface area contributed by atoms with E-state index < -0.39 is 34.5 Å². The van der Waals surface area contributed by atoms with E-state index in [-0.39, 0.29) is 11.3 Å². The van der Waals surface area contributed by atoms with E-state index >= 15 is 0 Å². The van der Waals surface area contributed by atoms with E-state index in [2.05, 4.69) is 5.32 Å². The molecule has 0 radical (unpaired) electrons. The minimum absolute atomic E-state index is 0.113. The summed E-state index contributed by atoms with van der Waals surface area (Å²) in [7, 11) is -3.52. The molecule has 0 aliphatic carbocycles. The van der Waals surface area contributed by atoms with E-state index in [1.54, 1.807) is 19.1 Å². The molecular weight excluding hydrogens is 386 g/mol. The van der Waals surface area contributed by atoms with E-state index in [1.807, 2.05) is 5.32 Å². The van der Waals surface area contributed by atoms with Gasteiger partial charge in [0.15, 0.2) is 6.61 Å². The number of nitrogens with one attached hydrogen (secondary N) is 2. The third kappa shape index (κ3) is 6.31. The maximum atomic E-state index is 12.6. The number of rotatable bonds is 7. The van der Waals surface area contributed by atoms with E-state index in [1.165, 1.54) is 16.4 Å². The number of sulfonamides is 1. The maximum Gasteiger partial charge on any atom is 0.321 e. The number of hydrogen-bond donors (Lipinski definition) is 2. The summed E-state index contributed by atoms with van der Waals surface area (Å²) in [5.74, 6) is -1.39. The average molecular weight is 411 g/mol. The summed E-state index contributed by atoms with van der Waals surface area (Å²) in [6, 6.07) is 5.37. The van der Waals surface area contributed by atoms with Crippen LogP contribution in [0.15, 0.2) is 29.2 Å². The first kappa shape index (κ1) is 21.8. The first-order chi connectivity index (χ1) is 13.3. The lowest BCUT2D eigenvalue weighted by molar-refractivity contribution is -0.147. The zero-order valence-electron chi connectivity index (χ0n) is 15.8. The Morgan fingerprint density at radius 3 is 2.32 bits per heavy atom. The number of urea groups is 1. The summed E-state index contributed by atoms with van der Waals surface area (Å²) in [4.78, 5) is 34.7. The van der Waals surface area contributed by atoms with Crippen LogP contribution in [0.4, 0.5) is 4.79 Å². The van der Waals surface area contributed by atoms with Crippen molar-refractivity contribution in [3.05, 3.63) is 29.8 Å². The number of imide groups is 1. The van der Waals surface area contributed by atoms with Crippen LogP contribution in [-0.4, -0.2) is 56.9 Å². The van der Waals surface area contributed by atoms with Crippen LogP contribution < -0.4 is 10.6 Å². The number of carbonyl (C=O) groups excluding carboxylic acids is 3. The molecule has 0 saturated carbocycles. The second-order valence-electron chi connectivity index (χ2n) is 6.35. The fraction of sp³-hybridized carbons (Fsp3) is 0.500. The van der Waals surface area contributed by atoms with Crippen molar-refractivity contribution in [2.24, 2.45) is 0 Å². The van der Waals surface area contributed by atoms with Crippen LogP contribution in [0.2, 0.25) is 0 Å². The molecule has 154 valence electrons. The second-order valence-corrected chi connectivity index (χ2v) is 8.29. The number of nitrogens with zero attached hydrogens (tertiary/aromatic N) is 1. The second kappa shape index (κ2) is 10.2. The normalized spacial score (nSPS) is 14.9. The highest BCUT2D eigenvalue weighted by atomic mass is 32.2. The molecule has 3 amide bonds. The molecule has 10 heteroatoms. The third-order valence-corrected chi connectivity index (χ3v) is 6.09. The number of benzene rings is 1. The average Bonchev–Trinajstić information content (AvgIpc) is 2.68. The topological polar surface area (TPSA) is 122 Å². The number of hydrogen-bond acceptors (Lipinski definition) is 6. The van der Waals surface area contributed by atoms with Crippen LogP contribution in [0.3, 0.4) is 0 Å². The lowest BCUT2D eigenvalue weighted by Gasteiger charge is -2.25. The van der Waals surface area contributed by atoms with Crippen molar-refractivity contribution in [1.29, 1.82) is 0 Å². The molecule has 0 bridgehead atoms. The minimum Gasteiger partial charge on any atom is -0.455 e. The molecule has 1 aliphatic rings. The highest BCUT2D eigenvalue weighted by Crippen LogP contribution is 2.21. The molecule has 1 aromatic carbocycles. The largest absolute Gasteiger partial charge is 0.455 e. The molecule has 1 saturated heterocycles. The summed E-state index contributed by atoms with van der Waals surface area (Å²) >= 11 is 0. The van der Waals surface area contributed by atoms with Gasteiger partial charge in [0, 0.05) is 19.6 Å². The van der Waals surface area contributed by atoms with Gasteiger partial charge in [0.05, 0.1) is 11.3 Å². The molecule has 1 fully saturated rings. The smallest absolute Gasteiger partial charge is 0.321 e. The predicted octanol–water partition coefficient (Wildman–Crippen LogP) is 0.793. The summed E-state index contributed by atoms with van der Waals surface area (Å²) in [6.07, 6.45) is 2.64. The van der Waals surface area contributed by atoms with Crippen LogP contribution in [-0.2, 0) is 30.8 Å². The highest BCUT2D eigenvalue weighted by molar-refractivity contribution is 7.89. The maximum absolute atomic E-state index is 12.6. The van der Waals surface area contributed by atoms with Crippen LogP contribution in [0.25, 0.3) is 0 Å². The molecule has 1 aliphatic heterocycles. The molecular formula is C18H25N3O6S. The Labute approximate surface area is 164 Å². The molecule has 0 spiro atoms. The summed E-state index contributed by atoms with van der Waals surface area (Å²) < 4.78 is 31.5. The van der Waals surface area contributed by atoms with Gasteiger partial charge in [0.2, 0.25) is 10.0 Å². The zero-order chi connectivity index (χ0) is 20.6. The molecule has 2 rings (SSSR count). The summed E-state index contributed by atoms with van der Waals surface area (Å²) in [5, 5.41) is 4.40. The first-order valence-corrected chi connectivity index (χ1v) is 10.6. The van der Waals surface area contributed by atoms with E-state index in [0.717, 1.165) is 19.3 Å². The minimum atomic E-state index is -3.52. The van der Waals surface area contributed by atoms with Crippen LogP contribution in [0.5, 0.6) is 0 Å². The Bertz CT molecular complexity index is 801. The van der Waals surface area contributed by atoms with E-state index in [9.17, 15) is 22.8 Å². The molecule has 0 atom stereocenters. The van der Waals surface area contributed by atoms with Crippen molar-refractivity contribution in [3.8, 4) is 0 Å². The highest BCUT2D eigenvalue weighted by Gasteiger charge is 2.25. The quantitative estimate of drug-likeness (QED) is 0.640. The molecule has 2 N–H and O–H groups in total. The van der Waals surface area contributed by atoms with Crippen molar-refractivity contribution >= 4 is 27.9 Å². The SMILES string of the molecule is CCNC(=O)NC(=O)COC(=O)Cc1ccc(S(=O)(=O)N2CCCCC2)cc1. The number of amides is 3. The Morgan fingerprint density at radius 1 is 1.07 bits per heavy atom. The molecule has 0 unspecified atom stereocenters. The van der Waals surface area contributed by atoms with Gasteiger partial charge in [-0.05, 0) is 37.5 Å². The van der Waals surface area contributed by atoms with E-state index in [0.29, 0.717) is 25.2 Å². The lowest BCUT2D eigenvalue weighted by Crippen LogP contribution is -2.41. The lowest BCUT2D eigenvalue weighted by atomic mass is 10.1. The van der Waals surface area contributed by atoms with Crippen molar-refractivity contribution in [3.63, 3.8) is 0 Å². The number of ether oxygens (including phenoxy) is 1. The predicted molar refractivity (Wildman–Crippen MR) is 101 cm³/mol. The zero-order valence-corrected chi connectivity index (χ0v) is 16.6. The van der Waals surface area contributed by atoms with Crippen molar-refractivity contribution in [2.45, 2.75) is 37.5 Å². The Kier molecular flexibility index (Phi) is 7.94. The standard InChI is InChI=1S/C18H25N3O6S/c1-2-19-18(24)20-16(22)13-27-17(23)12-14-6-8-15(9-7-14)28(25,26)21-10-4-3-5-11-21/h6-9H,2-5,10-13H2,1H3,(H2,19,20,22,24). The number of piperidine rings is 1. The van der Waals surface area contributed by atoms with Gasteiger partial charge < -0.3 is 10.1 Å². The fourth-order valence-electron chi connectivity index (χ4n) is 2.76. The fourth-order valence-corrected chi connectivity index (χ4v) is 4.28. The van der Waals surface area contributed by atoms with Gasteiger partial charge in [-0.15, -0.1) is 0 Å². The summed E-state index contributed by atoms with van der Waals surface area (Å²) in [6.45, 7) is 2.54. The number of carbonyl (C=O) groups is 3. The van der Waals surface area contributed by atoms with Gasteiger partial charge >= 0.3 is 12.0 Å². The van der Waals surface area contributed by atoms with Crippen LogP contribution in [0.1, 0.15) is 31.7 Å². The Morgan fingerprint density at radius 2 is 1.71 bits per heavy atom. The Hall–Kier alpha value is -2.46. The number of esters is 1. The summed E-state index contributed by atoms with van der Waals surface area (Å²) in [5.41, 5.74) is 0.562. The first-order valence-electron chi connectivity index (χ1n) is 9.15. The van der Waals surface area contributed by atoms with Gasteiger partial charge in [0.1, 0.15) is 0 Å². The molecule has 1 aromatic rings. The monoisotopic (exact) mass is 411 g/mol. The van der Waals surface area contributed by atoms with Gasteiger partial charge in [-0.25, -0.2) is 13.2 Å². The third-order valence-electron chi connectivity index (χ3n) is 4.18. The van der Waals surface area contributed by atoms with Gasteiger partial charge in [-0.2, -0.15) is 4.31 Å². The van der Waals surface area contributed by atoms with Gasteiger partial charge in [-0.3, -0.25) is 14.9 Å². The van der Waals surface area contributed by atoms with Crippen LogP contribution >= 0.6 is 0 Å².